The lowest BCUT2D eigenvalue weighted by Crippen LogP contribution is -2.74. The molecule has 3 aliphatic rings. The van der Waals surface area contributed by atoms with E-state index in [0.29, 0.717) is 6.04 Å². The van der Waals surface area contributed by atoms with Crippen LogP contribution in [-0.4, -0.2) is 68.0 Å². The van der Waals surface area contributed by atoms with Gasteiger partial charge in [-0.3, -0.25) is 4.90 Å². The quantitative estimate of drug-likeness (QED) is 0.695. The van der Waals surface area contributed by atoms with Crippen molar-refractivity contribution >= 4 is 21.6 Å². The molecule has 0 aromatic carbocycles. The number of pyridine rings is 1. The fraction of sp³-hybridized carbons (Fsp3) is 0.688. The van der Waals surface area contributed by atoms with Crippen LogP contribution >= 0.6 is 11.6 Å². The third kappa shape index (κ3) is 3.46. The van der Waals surface area contributed by atoms with E-state index < -0.39 is 31.9 Å². The first-order valence-corrected chi connectivity index (χ1v) is 10.5. The lowest BCUT2D eigenvalue weighted by Gasteiger charge is -2.61. The van der Waals surface area contributed by atoms with Gasteiger partial charge in [0.2, 0.25) is 10.0 Å². The number of alkyl halides is 3. The molecule has 27 heavy (non-hydrogen) atoms. The molecule has 0 bridgehead atoms. The van der Waals surface area contributed by atoms with Crippen LogP contribution in [0.15, 0.2) is 17.0 Å². The zero-order valence-electron chi connectivity index (χ0n) is 14.4. The van der Waals surface area contributed by atoms with Crippen molar-refractivity contribution in [2.45, 2.75) is 30.0 Å². The molecule has 4 rings (SSSR count). The Hall–Kier alpha value is -0.940. The molecule has 0 atom stereocenters. The number of halogens is 4. The van der Waals surface area contributed by atoms with Crippen LogP contribution in [0.4, 0.5) is 13.2 Å². The number of nitrogens with zero attached hydrogens (tertiary/aromatic N) is 3. The molecule has 1 spiro atoms. The summed E-state index contributed by atoms with van der Waals surface area (Å²) in [6.07, 6.45) is -2.97. The molecule has 0 unspecified atom stereocenters. The van der Waals surface area contributed by atoms with Gasteiger partial charge in [0.05, 0.1) is 0 Å². The molecule has 1 aromatic heterocycles. The first-order chi connectivity index (χ1) is 12.6. The second-order valence-electron chi connectivity index (χ2n) is 7.50. The maximum absolute atomic E-state index is 13.2. The van der Waals surface area contributed by atoms with Crippen LogP contribution in [0.2, 0.25) is 5.15 Å². The molecule has 150 valence electrons. The van der Waals surface area contributed by atoms with Crippen LogP contribution in [0.25, 0.3) is 0 Å². The van der Waals surface area contributed by atoms with Gasteiger partial charge in [-0.2, -0.15) is 17.5 Å². The monoisotopic (exact) mass is 425 g/mol. The fourth-order valence-electron chi connectivity index (χ4n) is 4.17. The molecular weight excluding hydrogens is 407 g/mol. The van der Waals surface area contributed by atoms with Crippen LogP contribution in [0, 0.1) is 5.41 Å². The van der Waals surface area contributed by atoms with Crippen molar-refractivity contribution in [1.29, 1.82) is 0 Å². The van der Waals surface area contributed by atoms with Gasteiger partial charge < -0.3 is 4.74 Å². The molecule has 0 N–H and O–H groups in total. The van der Waals surface area contributed by atoms with Crippen LogP contribution in [-0.2, 0) is 20.9 Å². The van der Waals surface area contributed by atoms with Crippen molar-refractivity contribution < 1.29 is 26.3 Å². The molecule has 0 amide bonds. The minimum Gasteiger partial charge on any atom is -0.381 e. The van der Waals surface area contributed by atoms with Crippen molar-refractivity contribution in [3.8, 4) is 0 Å². The van der Waals surface area contributed by atoms with E-state index in [0.717, 1.165) is 55.6 Å². The van der Waals surface area contributed by atoms with Gasteiger partial charge in [-0.15, -0.1) is 0 Å². The highest BCUT2D eigenvalue weighted by Crippen LogP contribution is 2.45. The highest BCUT2D eigenvalue weighted by Gasteiger charge is 2.57. The summed E-state index contributed by atoms with van der Waals surface area (Å²) < 4.78 is 71.5. The SMILES string of the molecule is O=S(=O)(c1ccc(Cl)nc1C(F)(F)F)N1CC2(CN(C3CCOCC3)C2)C1. The Balaban J connectivity index is 1.45. The zero-order valence-corrected chi connectivity index (χ0v) is 15.9. The maximum Gasteiger partial charge on any atom is 0.434 e. The van der Waals surface area contributed by atoms with Crippen molar-refractivity contribution in [2.75, 3.05) is 39.4 Å². The molecule has 3 aliphatic heterocycles. The number of likely N-dealkylation sites (tertiary alicyclic amines) is 1. The van der Waals surface area contributed by atoms with Gasteiger partial charge in [-0.1, -0.05) is 11.6 Å². The molecule has 4 heterocycles. The fourth-order valence-corrected chi connectivity index (χ4v) is 6.13. The van der Waals surface area contributed by atoms with E-state index in [4.69, 9.17) is 16.3 Å². The second kappa shape index (κ2) is 6.55. The van der Waals surface area contributed by atoms with E-state index in [1.54, 1.807) is 0 Å². The van der Waals surface area contributed by atoms with Gasteiger partial charge in [-0.25, -0.2) is 13.4 Å². The molecule has 11 heteroatoms. The number of sulfonamides is 1. The average Bonchev–Trinajstić information content (AvgIpc) is 2.52. The normalized spacial score (nSPS) is 24.6. The summed E-state index contributed by atoms with van der Waals surface area (Å²) in [6, 6.07) is 2.40. The van der Waals surface area contributed by atoms with Crippen LogP contribution < -0.4 is 0 Å². The summed E-state index contributed by atoms with van der Waals surface area (Å²) in [5.74, 6) is 0. The highest BCUT2D eigenvalue weighted by molar-refractivity contribution is 7.89. The van der Waals surface area contributed by atoms with Crippen LogP contribution in [0.3, 0.4) is 0 Å². The lowest BCUT2D eigenvalue weighted by molar-refractivity contribution is -0.143. The standard InChI is InChI=1S/C16H19ClF3N3O3S/c17-13-2-1-12(14(21-13)16(18,19)20)27(24,25)23-9-15(10-23)7-22(8-15)11-3-5-26-6-4-11/h1-2,11H,3-10H2. The van der Waals surface area contributed by atoms with Crippen molar-refractivity contribution in [2.24, 2.45) is 5.41 Å². The summed E-state index contributed by atoms with van der Waals surface area (Å²) >= 11 is 5.53. The first-order valence-electron chi connectivity index (χ1n) is 8.67. The van der Waals surface area contributed by atoms with Gasteiger partial charge >= 0.3 is 6.18 Å². The number of rotatable bonds is 3. The van der Waals surface area contributed by atoms with Crippen molar-refractivity contribution in [1.82, 2.24) is 14.2 Å². The number of hydrogen-bond donors (Lipinski definition) is 0. The van der Waals surface area contributed by atoms with E-state index in [-0.39, 0.29) is 18.5 Å². The Morgan fingerprint density at radius 3 is 2.37 bits per heavy atom. The van der Waals surface area contributed by atoms with E-state index in [1.165, 1.54) is 0 Å². The molecular formula is C16H19ClF3N3O3S. The Kier molecular flexibility index (Phi) is 4.70. The predicted octanol–water partition coefficient (Wildman–Crippen LogP) is 2.24. The highest BCUT2D eigenvalue weighted by atomic mass is 35.5. The van der Waals surface area contributed by atoms with E-state index in [9.17, 15) is 21.6 Å². The smallest absolute Gasteiger partial charge is 0.381 e. The Morgan fingerprint density at radius 2 is 1.78 bits per heavy atom. The second-order valence-corrected chi connectivity index (χ2v) is 9.79. The molecule has 3 saturated heterocycles. The minimum absolute atomic E-state index is 0.149. The largest absolute Gasteiger partial charge is 0.434 e. The Labute approximate surface area is 160 Å². The van der Waals surface area contributed by atoms with Crippen LogP contribution in [0.1, 0.15) is 18.5 Å². The van der Waals surface area contributed by atoms with E-state index in [1.807, 2.05) is 0 Å². The predicted molar refractivity (Wildman–Crippen MR) is 90.9 cm³/mol. The Bertz CT molecular complexity index is 829. The molecule has 0 saturated carbocycles. The summed E-state index contributed by atoms with van der Waals surface area (Å²) in [5, 5.41) is -0.396. The third-order valence-electron chi connectivity index (χ3n) is 5.52. The van der Waals surface area contributed by atoms with Gasteiger partial charge in [0.1, 0.15) is 10.0 Å². The lowest BCUT2D eigenvalue weighted by atomic mass is 9.73. The number of ether oxygens (including phenoxy) is 1. The Morgan fingerprint density at radius 1 is 1.15 bits per heavy atom. The molecule has 6 nitrogen and oxygen atoms in total. The van der Waals surface area contributed by atoms with Gasteiger partial charge in [-0.05, 0) is 25.0 Å². The van der Waals surface area contributed by atoms with Gasteiger partial charge in [0, 0.05) is 50.8 Å². The zero-order chi connectivity index (χ0) is 19.4. The van der Waals surface area contributed by atoms with Crippen molar-refractivity contribution in [3.05, 3.63) is 23.0 Å². The summed E-state index contributed by atoms with van der Waals surface area (Å²) in [6.45, 7) is 3.48. The van der Waals surface area contributed by atoms with E-state index >= 15 is 0 Å². The van der Waals surface area contributed by atoms with Gasteiger partial charge in [0.25, 0.3) is 0 Å². The minimum atomic E-state index is -4.90. The van der Waals surface area contributed by atoms with Gasteiger partial charge in [0.15, 0.2) is 5.69 Å². The maximum atomic E-state index is 13.2. The summed E-state index contributed by atoms with van der Waals surface area (Å²) in [7, 11) is -4.27. The van der Waals surface area contributed by atoms with Crippen molar-refractivity contribution in [3.63, 3.8) is 0 Å². The molecule has 1 aromatic rings. The average molecular weight is 426 g/mol. The number of hydrogen-bond acceptors (Lipinski definition) is 5. The summed E-state index contributed by atoms with van der Waals surface area (Å²) in [4.78, 5) is 4.69. The molecule has 0 aliphatic carbocycles. The molecule has 0 radical (unpaired) electrons. The first kappa shape index (κ1) is 19.4. The van der Waals surface area contributed by atoms with E-state index in [2.05, 4.69) is 9.88 Å². The molecule has 3 fully saturated rings. The summed E-state index contributed by atoms with van der Waals surface area (Å²) in [5.41, 5.74) is -1.61. The topological polar surface area (TPSA) is 62.7 Å². The third-order valence-corrected chi connectivity index (χ3v) is 7.55. The van der Waals surface area contributed by atoms with Crippen LogP contribution in [0.5, 0.6) is 0 Å². The number of aromatic nitrogens is 1.